The molecule has 144 valence electrons. The Kier molecular flexibility index (Phi) is 7.16. The highest BCUT2D eigenvalue weighted by molar-refractivity contribution is 5.95. The first-order valence-electron chi connectivity index (χ1n) is 8.16. The Morgan fingerprint density at radius 3 is 2.44 bits per heavy atom. The van der Waals surface area contributed by atoms with Gasteiger partial charge in [-0.3, -0.25) is 4.79 Å². The van der Waals surface area contributed by atoms with Crippen LogP contribution in [-0.2, 0) is 13.0 Å². The summed E-state index contributed by atoms with van der Waals surface area (Å²) in [6.07, 6.45) is 2.23. The van der Waals surface area contributed by atoms with Crippen molar-refractivity contribution in [3.63, 3.8) is 0 Å². The van der Waals surface area contributed by atoms with Crippen LogP contribution in [0.25, 0.3) is 0 Å². The summed E-state index contributed by atoms with van der Waals surface area (Å²) in [6, 6.07) is 9.38. The monoisotopic (exact) mass is 377 g/mol. The van der Waals surface area contributed by atoms with Gasteiger partial charge in [0.05, 0.1) is 14.2 Å². The predicted molar refractivity (Wildman–Crippen MR) is 97.7 cm³/mol. The van der Waals surface area contributed by atoms with Gasteiger partial charge in [-0.1, -0.05) is 18.2 Å². The van der Waals surface area contributed by atoms with Gasteiger partial charge in [-0.05, 0) is 36.2 Å². The fourth-order valence-electron chi connectivity index (χ4n) is 2.55. The third-order valence-electron chi connectivity index (χ3n) is 3.78. The van der Waals surface area contributed by atoms with Gasteiger partial charge in [0.25, 0.3) is 5.91 Å². The number of methoxy groups -OCH3 is 2. The Labute approximate surface area is 156 Å². The zero-order valence-corrected chi connectivity index (χ0v) is 15.1. The molecule has 7 heteroatoms. The molecule has 27 heavy (non-hydrogen) atoms. The Balaban J connectivity index is 2.11. The highest BCUT2D eigenvalue weighted by Crippen LogP contribution is 2.33. The minimum Gasteiger partial charge on any atom is -0.493 e. The van der Waals surface area contributed by atoms with E-state index in [1.54, 1.807) is 30.3 Å². The second-order valence-electron chi connectivity index (χ2n) is 5.57. The zero-order valence-electron chi connectivity index (χ0n) is 15.1. The smallest absolute Gasteiger partial charge is 0.387 e. The molecule has 0 saturated carbocycles. The molecule has 0 aliphatic heterocycles. The number of carbonyl (C=O) groups is 1. The molecule has 5 nitrogen and oxygen atoms in total. The highest BCUT2D eigenvalue weighted by atomic mass is 19.3. The maximum atomic E-state index is 12.5. The van der Waals surface area contributed by atoms with Crippen LogP contribution < -0.4 is 19.5 Å². The number of hydrogen-bond donors (Lipinski definition) is 1. The van der Waals surface area contributed by atoms with E-state index in [9.17, 15) is 13.6 Å². The van der Waals surface area contributed by atoms with Crippen molar-refractivity contribution >= 4 is 5.91 Å². The number of hydrogen-bond acceptors (Lipinski definition) is 4. The van der Waals surface area contributed by atoms with Crippen LogP contribution in [0.2, 0.25) is 0 Å². The largest absolute Gasteiger partial charge is 0.493 e. The van der Waals surface area contributed by atoms with Crippen LogP contribution in [0.5, 0.6) is 17.2 Å². The van der Waals surface area contributed by atoms with Crippen molar-refractivity contribution in [1.29, 1.82) is 0 Å². The molecule has 1 N–H and O–H groups in total. The van der Waals surface area contributed by atoms with Gasteiger partial charge in [-0.25, -0.2) is 0 Å². The van der Waals surface area contributed by atoms with Crippen molar-refractivity contribution in [1.82, 2.24) is 5.32 Å². The van der Waals surface area contributed by atoms with Gasteiger partial charge in [0.15, 0.2) is 11.5 Å². The van der Waals surface area contributed by atoms with Crippen LogP contribution in [0.4, 0.5) is 8.78 Å². The van der Waals surface area contributed by atoms with E-state index in [0.29, 0.717) is 23.5 Å². The van der Waals surface area contributed by atoms with Gasteiger partial charge < -0.3 is 19.5 Å². The van der Waals surface area contributed by atoms with E-state index >= 15 is 0 Å². The number of carbonyl (C=O) groups excluding carboxylic acids is 1. The zero-order chi connectivity index (χ0) is 19.8. The molecule has 2 aromatic carbocycles. The van der Waals surface area contributed by atoms with Gasteiger partial charge in [0, 0.05) is 17.7 Å². The standard InChI is InChI=1S/C20H21F2NO4/c1-4-5-14-10-15(11-17(25-2)18(14)26-3)19(24)23-12-13-6-8-16(9-7-13)27-20(21)22/h4,6-11,20H,1,5,12H2,2-3H3,(H,23,24). The molecule has 0 bridgehead atoms. The lowest BCUT2D eigenvalue weighted by Crippen LogP contribution is -2.23. The Hall–Kier alpha value is -3.09. The fraction of sp³-hybridized carbons (Fsp3) is 0.250. The molecule has 0 aliphatic carbocycles. The van der Waals surface area contributed by atoms with Crippen molar-refractivity contribution in [2.45, 2.75) is 19.6 Å². The Bertz CT molecular complexity index is 791. The molecule has 0 aromatic heterocycles. The summed E-state index contributed by atoms with van der Waals surface area (Å²) >= 11 is 0. The minimum atomic E-state index is -2.87. The van der Waals surface area contributed by atoms with E-state index in [1.165, 1.54) is 26.4 Å². The van der Waals surface area contributed by atoms with Crippen molar-refractivity contribution < 1.29 is 27.8 Å². The summed E-state index contributed by atoms with van der Waals surface area (Å²) in [6.45, 7) is 1.07. The molecule has 0 fully saturated rings. The topological polar surface area (TPSA) is 56.8 Å². The summed E-state index contributed by atoms with van der Waals surface area (Å²) in [4.78, 5) is 12.5. The second kappa shape index (κ2) is 9.56. The lowest BCUT2D eigenvalue weighted by atomic mass is 10.0. The number of alkyl halides is 2. The minimum absolute atomic E-state index is 0.0639. The van der Waals surface area contributed by atoms with Crippen LogP contribution in [-0.4, -0.2) is 26.7 Å². The third-order valence-corrected chi connectivity index (χ3v) is 3.78. The number of amides is 1. The summed E-state index contributed by atoms with van der Waals surface area (Å²) < 4.78 is 39.3. The Morgan fingerprint density at radius 2 is 1.89 bits per heavy atom. The molecule has 0 atom stereocenters. The number of nitrogens with one attached hydrogen (secondary N) is 1. The molecule has 2 rings (SSSR count). The first-order chi connectivity index (χ1) is 13.0. The summed E-state index contributed by atoms with van der Waals surface area (Å²) in [5, 5.41) is 2.78. The van der Waals surface area contributed by atoms with E-state index in [1.807, 2.05) is 0 Å². The highest BCUT2D eigenvalue weighted by Gasteiger charge is 2.15. The van der Waals surface area contributed by atoms with Gasteiger partial charge >= 0.3 is 6.61 Å². The van der Waals surface area contributed by atoms with Crippen molar-refractivity contribution in [3.8, 4) is 17.2 Å². The lowest BCUT2D eigenvalue weighted by Gasteiger charge is -2.14. The third kappa shape index (κ3) is 5.44. The van der Waals surface area contributed by atoms with Gasteiger partial charge in [0.2, 0.25) is 0 Å². The Morgan fingerprint density at radius 1 is 1.19 bits per heavy atom. The second-order valence-corrected chi connectivity index (χ2v) is 5.57. The molecule has 0 spiro atoms. The normalized spacial score (nSPS) is 10.4. The van der Waals surface area contributed by atoms with Crippen molar-refractivity contribution in [2.24, 2.45) is 0 Å². The molecule has 2 aromatic rings. The molecule has 1 amide bonds. The number of rotatable bonds is 9. The quantitative estimate of drug-likeness (QED) is 0.672. The van der Waals surface area contributed by atoms with E-state index < -0.39 is 6.61 Å². The average molecular weight is 377 g/mol. The van der Waals surface area contributed by atoms with Crippen molar-refractivity contribution in [3.05, 3.63) is 65.7 Å². The van der Waals surface area contributed by atoms with Gasteiger partial charge in [0.1, 0.15) is 5.75 Å². The van der Waals surface area contributed by atoms with E-state index in [-0.39, 0.29) is 18.2 Å². The number of ether oxygens (including phenoxy) is 3. The van der Waals surface area contributed by atoms with Gasteiger partial charge in [-0.15, -0.1) is 6.58 Å². The molecule has 0 aliphatic rings. The van der Waals surface area contributed by atoms with E-state index in [4.69, 9.17) is 9.47 Å². The molecular formula is C20H21F2NO4. The number of allylic oxidation sites excluding steroid dienone is 1. The van der Waals surface area contributed by atoms with Crippen molar-refractivity contribution in [2.75, 3.05) is 14.2 Å². The van der Waals surface area contributed by atoms with Gasteiger partial charge in [-0.2, -0.15) is 8.78 Å². The van der Waals surface area contributed by atoms with E-state index in [2.05, 4.69) is 16.6 Å². The first-order valence-corrected chi connectivity index (χ1v) is 8.16. The summed E-state index contributed by atoms with van der Waals surface area (Å²) in [5.74, 6) is 0.780. The molecule has 0 radical (unpaired) electrons. The van der Waals surface area contributed by atoms with E-state index in [0.717, 1.165) is 11.1 Å². The number of benzene rings is 2. The average Bonchev–Trinajstić information content (AvgIpc) is 2.66. The van der Waals surface area contributed by atoms with Crippen LogP contribution in [0.15, 0.2) is 49.1 Å². The fourth-order valence-corrected chi connectivity index (χ4v) is 2.55. The lowest BCUT2D eigenvalue weighted by molar-refractivity contribution is -0.0498. The predicted octanol–water partition coefficient (Wildman–Crippen LogP) is 3.96. The van der Waals surface area contributed by atoms with Crippen LogP contribution in [0, 0.1) is 0 Å². The summed E-state index contributed by atoms with van der Waals surface area (Å²) in [5.41, 5.74) is 1.95. The maximum absolute atomic E-state index is 12.5. The molecule has 0 unspecified atom stereocenters. The molecular weight excluding hydrogens is 356 g/mol. The van der Waals surface area contributed by atoms with Crippen LogP contribution >= 0.6 is 0 Å². The van der Waals surface area contributed by atoms with Crippen LogP contribution in [0.1, 0.15) is 21.5 Å². The summed E-state index contributed by atoms with van der Waals surface area (Å²) in [7, 11) is 3.03. The SMILES string of the molecule is C=CCc1cc(C(=O)NCc2ccc(OC(F)F)cc2)cc(OC)c1OC. The maximum Gasteiger partial charge on any atom is 0.387 e. The molecule has 0 heterocycles. The van der Waals surface area contributed by atoms with Crippen LogP contribution in [0.3, 0.4) is 0 Å². The first kappa shape index (κ1) is 20.2. The molecule has 0 saturated heterocycles. The number of halogens is 2.